The molecule has 176 valence electrons. The van der Waals surface area contributed by atoms with Gasteiger partial charge in [0, 0.05) is 16.2 Å². The molecule has 0 bridgehead atoms. The maximum absolute atomic E-state index is 14.2. The number of benzene rings is 2. The van der Waals surface area contributed by atoms with Gasteiger partial charge in [-0.15, -0.1) is 21.5 Å². The number of anilines is 1. The van der Waals surface area contributed by atoms with Gasteiger partial charge in [0.2, 0.25) is 5.13 Å². The van der Waals surface area contributed by atoms with Gasteiger partial charge in [0.25, 0.3) is 5.78 Å². The topological polar surface area (TPSA) is 83.4 Å². The molecule has 3 heterocycles. The zero-order valence-corrected chi connectivity index (χ0v) is 20.8. The van der Waals surface area contributed by atoms with E-state index in [0.29, 0.717) is 20.5 Å². The minimum Gasteiger partial charge on any atom is -0.507 e. The van der Waals surface area contributed by atoms with E-state index in [9.17, 15) is 19.1 Å². The largest absolute Gasteiger partial charge is 0.507 e. The van der Waals surface area contributed by atoms with Crippen molar-refractivity contribution in [3.63, 3.8) is 0 Å². The monoisotopic (exact) mass is 523 g/mol. The van der Waals surface area contributed by atoms with E-state index in [4.69, 9.17) is 0 Å². The zero-order valence-electron chi connectivity index (χ0n) is 18.3. The Morgan fingerprint density at radius 2 is 1.91 bits per heavy atom. The molecule has 0 aliphatic carbocycles. The average molecular weight is 524 g/mol. The van der Waals surface area contributed by atoms with Crippen LogP contribution in [0.4, 0.5) is 9.52 Å². The summed E-state index contributed by atoms with van der Waals surface area (Å²) in [4.78, 5) is 28.2. The predicted octanol–water partition coefficient (Wildman–Crippen LogP) is 5.97. The van der Waals surface area contributed by atoms with Crippen LogP contribution >= 0.6 is 34.4 Å². The molecule has 1 atom stereocenters. The van der Waals surface area contributed by atoms with Crippen molar-refractivity contribution in [2.45, 2.75) is 23.1 Å². The molecule has 5 rings (SSSR count). The highest BCUT2D eigenvalue weighted by atomic mass is 32.2. The Balaban J connectivity index is 1.53. The predicted molar refractivity (Wildman–Crippen MR) is 136 cm³/mol. The Morgan fingerprint density at radius 3 is 2.63 bits per heavy atom. The van der Waals surface area contributed by atoms with Crippen molar-refractivity contribution >= 4 is 57.0 Å². The molecule has 1 aliphatic heterocycles. The van der Waals surface area contributed by atoms with Crippen LogP contribution in [-0.2, 0) is 15.3 Å². The quantitative estimate of drug-likeness (QED) is 0.110. The van der Waals surface area contributed by atoms with Crippen molar-refractivity contribution in [3.05, 3.63) is 99.0 Å². The maximum atomic E-state index is 14.2. The number of nitrogens with zero attached hydrogens (tertiary/aromatic N) is 3. The van der Waals surface area contributed by atoms with E-state index in [0.717, 1.165) is 11.6 Å². The summed E-state index contributed by atoms with van der Waals surface area (Å²) in [7, 11) is 0. The molecular weight excluding hydrogens is 505 g/mol. The Bertz CT molecular complexity index is 1430. The molecule has 1 fully saturated rings. The van der Waals surface area contributed by atoms with Crippen LogP contribution in [0.3, 0.4) is 0 Å². The van der Waals surface area contributed by atoms with Crippen LogP contribution in [0.25, 0.3) is 5.76 Å². The van der Waals surface area contributed by atoms with E-state index in [1.54, 1.807) is 19.1 Å². The lowest BCUT2D eigenvalue weighted by Crippen LogP contribution is -2.29. The number of thioether (sulfide) groups is 1. The van der Waals surface area contributed by atoms with Gasteiger partial charge in [-0.05, 0) is 35.6 Å². The van der Waals surface area contributed by atoms with Crippen LogP contribution in [0, 0.1) is 12.7 Å². The summed E-state index contributed by atoms with van der Waals surface area (Å²) in [5, 5.41) is 21.5. The summed E-state index contributed by atoms with van der Waals surface area (Å²) < 4.78 is 14.8. The van der Waals surface area contributed by atoms with E-state index in [1.165, 1.54) is 51.5 Å². The van der Waals surface area contributed by atoms with Gasteiger partial charge in [0.1, 0.15) is 17.6 Å². The van der Waals surface area contributed by atoms with Gasteiger partial charge in [0.05, 0.1) is 5.57 Å². The van der Waals surface area contributed by atoms with Gasteiger partial charge in [-0.3, -0.25) is 14.5 Å². The van der Waals surface area contributed by atoms with Crippen LogP contribution in [0.1, 0.15) is 27.6 Å². The molecule has 10 heteroatoms. The van der Waals surface area contributed by atoms with Crippen molar-refractivity contribution in [1.29, 1.82) is 0 Å². The van der Waals surface area contributed by atoms with Crippen molar-refractivity contribution < 1.29 is 19.1 Å². The second-order valence-corrected chi connectivity index (χ2v) is 10.9. The number of hydrogen-bond donors (Lipinski definition) is 1. The van der Waals surface area contributed by atoms with Crippen molar-refractivity contribution in [1.82, 2.24) is 10.2 Å². The van der Waals surface area contributed by atoms with Crippen LogP contribution in [0.5, 0.6) is 0 Å². The third-order valence-electron chi connectivity index (χ3n) is 5.51. The Morgan fingerprint density at radius 1 is 1.11 bits per heavy atom. The number of aryl methyl sites for hydroxylation is 1. The SMILES string of the molecule is Cc1ccc(/C(O)=C2/C(=O)C(=O)N(c3nnc(SCc4ccccc4)s3)C2c2cccs2)cc1F. The summed E-state index contributed by atoms with van der Waals surface area (Å²) >= 11 is 4.03. The first kappa shape index (κ1) is 23.4. The van der Waals surface area contributed by atoms with Crippen molar-refractivity contribution in [2.75, 3.05) is 4.90 Å². The molecule has 4 aromatic rings. The fourth-order valence-electron chi connectivity index (χ4n) is 3.72. The number of ketones is 1. The fraction of sp³-hybridized carbons (Fsp3) is 0.120. The summed E-state index contributed by atoms with van der Waals surface area (Å²) in [6.45, 7) is 1.60. The number of aliphatic hydroxyl groups excluding tert-OH is 1. The van der Waals surface area contributed by atoms with Gasteiger partial charge >= 0.3 is 5.91 Å². The third kappa shape index (κ3) is 4.52. The van der Waals surface area contributed by atoms with E-state index in [2.05, 4.69) is 10.2 Å². The molecule has 1 N–H and O–H groups in total. The third-order valence-corrected chi connectivity index (χ3v) is 8.56. The molecule has 1 aliphatic rings. The lowest BCUT2D eigenvalue weighted by Gasteiger charge is -2.20. The summed E-state index contributed by atoms with van der Waals surface area (Å²) in [6.07, 6.45) is 0. The molecule has 0 saturated carbocycles. The summed E-state index contributed by atoms with van der Waals surface area (Å²) in [6, 6.07) is 16.8. The number of Topliss-reactive ketones (excluding diaryl/α,β-unsaturated/α-hetero) is 1. The molecule has 2 aromatic heterocycles. The molecule has 1 unspecified atom stereocenters. The van der Waals surface area contributed by atoms with E-state index < -0.39 is 29.3 Å². The van der Waals surface area contributed by atoms with Crippen LogP contribution in [-0.4, -0.2) is 27.0 Å². The number of halogens is 1. The zero-order chi connectivity index (χ0) is 24.5. The standard InChI is InChI=1S/C25H18FN3O3S3/c1-14-9-10-16(12-17(14)26)21(30)19-20(18-8-5-11-33-18)29(23(32)22(19)31)24-27-28-25(35-24)34-13-15-6-3-2-4-7-15/h2-12,20,30H,13H2,1H3/b21-19-. The minimum absolute atomic E-state index is 0.102. The molecule has 2 aromatic carbocycles. The highest BCUT2D eigenvalue weighted by molar-refractivity contribution is 8.00. The minimum atomic E-state index is -0.890. The number of carbonyl (C=O) groups is 2. The van der Waals surface area contributed by atoms with Crippen LogP contribution < -0.4 is 4.90 Å². The Kier molecular flexibility index (Phi) is 6.50. The second kappa shape index (κ2) is 9.73. The number of rotatable bonds is 6. The maximum Gasteiger partial charge on any atom is 0.301 e. The number of hydrogen-bond acceptors (Lipinski definition) is 8. The number of thiophene rings is 1. The number of aromatic nitrogens is 2. The van der Waals surface area contributed by atoms with Gasteiger partial charge in [0.15, 0.2) is 4.34 Å². The van der Waals surface area contributed by atoms with Crippen molar-refractivity contribution in [3.8, 4) is 0 Å². The highest BCUT2D eigenvalue weighted by Crippen LogP contribution is 2.45. The first-order valence-corrected chi connectivity index (χ1v) is 13.2. The second-order valence-electron chi connectivity index (χ2n) is 7.77. The Labute approximate surface area is 212 Å². The van der Waals surface area contributed by atoms with E-state index >= 15 is 0 Å². The normalized spacial score (nSPS) is 17.3. The van der Waals surface area contributed by atoms with Gasteiger partial charge < -0.3 is 5.11 Å². The number of aliphatic hydroxyl groups is 1. The van der Waals surface area contributed by atoms with Crippen molar-refractivity contribution in [2.24, 2.45) is 0 Å². The van der Waals surface area contributed by atoms with E-state index in [-0.39, 0.29) is 16.3 Å². The summed E-state index contributed by atoms with van der Waals surface area (Å²) in [5.74, 6) is -1.92. The summed E-state index contributed by atoms with van der Waals surface area (Å²) in [5.41, 5.74) is 1.56. The van der Waals surface area contributed by atoms with E-state index in [1.807, 2.05) is 35.7 Å². The molecular formula is C25H18FN3O3S3. The molecule has 0 spiro atoms. The highest BCUT2D eigenvalue weighted by Gasteiger charge is 2.48. The van der Waals surface area contributed by atoms with Crippen LogP contribution in [0.2, 0.25) is 0 Å². The Hall–Kier alpha value is -3.34. The van der Waals surface area contributed by atoms with Gasteiger partial charge in [-0.1, -0.05) is 71.6 Å². The first-order valence-electron chi connectivity index (χ1n) is 10.5. The molecule has 1 amide bonds. The van der Waals surface area contributed by atoms with Gasteiger partial charge in [-0.25, -0.2) is 4.39 Å². The number of carbonyl (C=O) groups excluding carboxylic acids is 2. The molecule has 6 nitrogen and oxygen atoms in total. The smallest absolute Gasteiger partial charge is 0.301 e. The first-order chi connectivity index (χ1) is 16.9. The van der Waals surface area contributed by atoms with Crippen LogP contribution in [0.15, 0.2) is 76.0 Å². The average Bonchev–Trinajstić information content (AvgIpc) is 3.61. The number of amides is 1. The molecule has 35 heavy (non-hydrogen) atoms. The molecule has 1 saturated heterocycles. The van der Waals surface area contributed by atoms with Gasteiger partial charge in [-0.2, -0.15) is 0 Å². The lowest BCUT2D eigenvalue weighted by molar-refractivity contribution is -0.132. The molecule has 0 radical (unpaired) electrons. The fourth-order valence-corrected chi connectivity index (χ4v) is 6.37. The lowest BCUT2D eigenvalue weighted by atomic mass is 9.99.